The van der Waals surface area contributed by atoms with E-state index >= 15 is 0 Å². The van der Waals surface area contributed by atoms with Crippen LogP contribution >= 0.6 is 0 Å². The molecule has 0 saturated heterocycles. The Kier molecular flexibility index (Phi) is 5.32. The molecule has 5 aromatic carbocycles. The van der Waals surface area contributed by atoms with Gasteiger partial charge in [0.15, 0.2) is 0 Å². The van der Waals surface area contributed by atoms with Gasteiger partial charge in [0.25, 0.3) is 0 Å². The van der Waals surface area contributed by atoms with Crippen molar-refractivity contribution in [3.63, 3.8) is 0 Å². The van der Waals surface area contributed by atoms with Crippen molar-refractivity contribution < 1.29 is 29.3 Å². The van der Waals surface area contributed by atoms with Gasteiger partial charge in [-0.3, -0.25) is 0 Å². The summed E-state index contributed by atoms with van der Waals surface area (Å²) >= 11 is 0. The highest BCUT2D eigenvalue weighted by molar-refractivity contribution is 6.00. The highest BCUT2D eigenvalue weighted by Gasteiger charge is 2.12. The fourth-order valence-corrected chi connectivity index (χ4v) is 3.68. The van der Waals surface area contributed by atoms with Crippen molar-refractivity contribution in [1.29, 1.82) is 0 Å². The summed E-state index contributed by atoms with van der Waals surface area (Å²) in [6.45, 7) is 0. The molecule has 0 aliphatic carbocycles. The van der Waals surface area contributed by atoms with Crippen LogP contribution in [0, 0.1) is 0 Å². The molecule has 0 fully saturated rings. The number of esters is 2. The molecule has 5 rings (SSSR count). The van der Waals surface area contributed by atoms with Crippen molar-refractivity contribution in [2.24, 2.45) is 0 Å². The zero-order chi connectivity index (χ0) is 23.7. The van der Waals surface area contributed by atoms with Gasteiger partial charge in [0, 0.05) is 0 Å². The smallest absolute Gasteiger partial charge is 0.343 e. The van der Waals surface area contributed by atoms with Crippen LogP contribution in [0.1, 0.15) is 20.7 Å². The van der Waals surface area contributed by atoms with Crippen molar-refractivity contribution in [2.75, 3.05) is 0 Å². The van der Waals surface area contributed by atoms with Gasteiger partial charge in [-0.15, -0.1) is 0 Å². The van der Waals surface area contributed by atoms with Crippen molar-refractivity contribution in [2.45, 2.75) is 0 Å². The summed E-state index contributed by atoms with van der Waals surface area (Å²) in [4.78, 5) is 24.7. The summed E-state index contributed by atoms with van der Waals surface area (Å²) in [7, 11) is 0. The molecule has 0 aliphatic rings. The van der Waals surface area contributed by atoms with Crippen molar-refractivity contribution in [3.05, 3.63) is 108 Å². The lowest BCUT2D eigenvalue weighted by molar-refractivity contribution is 0.0725. The summed E-state index contributed by atoms with van der Waals surface area (Å²) in [6, 6.07) is 26.5. The number of fused-ring (bicyclic) bond motifs is 2. The first-order valence-electron chi connectivity index (χ1n) is 10.4. The van der Waals surface area contributed by atoms with Crippen LogP contribution in [0.4, 0.5) is 0 Å². The van der Waals surface area contributed by atoms with Gasteiger partial charge in [-0.05, 0) is 94.3 Å². The maximum absolute atomic E-state index is 12.4. The number of phenols is 2. The van der Waals surface area contributed by atoms with E-state index in [2.05, 4.69) is 0 Å². The van der Waals surface area contributed by atoms with Gasteiger partial charge in [0.1, 0.15) is 23.0 Å². The van der Waals surface area contributed by atoms with Crippen LogP contribution in [0.15, 0.2) is 97.1 Å². The van der Waals surface area contributed by atoms with Crippen LogP contribution in [0.3, 0.4) is 0 Å². The quantitative estimate of drug-likeness (QED) is 0.203. The van der Waals surface area contributed by atoms with Crippen molar-refractivity contribution in [3.8, 4) is 23.0 Å². The first kappa shape index (κ1) is 21.0. The maximum Gasteiger partial charge on any atom is 0.343 e. The number of hydrogen-bond donors (Lipinski definition) is 2. The average Bonchev–Trinajstić information content (AvgIpc) is 2.82. The predicted octanol–water partition coefficient (Wildman–Crippen LogP) is 5.84. The average molecular weight is 450 g/mol. The lowest BCUT2D eigenvalue weighted by Crippen LogP contribution is -2.08. The molecule has 0 unspecified atom stereocenters. The Morgan fingerprint density at radius 1 is 0.500 bits per heavy atom. The van der Waals surface area contributed by atoms with Gasteiger partial charge >= 0.3 is 11.9 Å². The Hall–Kier alpha value is -4.84. The van der Waals surface area contributed by atoms with Gasteiger partial charge in [-0.2, -0.15) is 0 Å². The number of aromatic hydroxyl groups is 2. The highest BCUT2D eigenvalue weighted by atomic mass is 16.5. The molecule has 0 spiro atoms. The molecule has 2 N–H and O–H groups in total. The number of carbonyl (C=O) groups excluding carboxylic acids is 2. The third-order valence-electron chi connectivity index (χ3n) is 5.32. The SMILES string of the molecule is O=C(Oc1ccc2cc3cc(OC(=O)c4cccc(O)c4)ccc3cc2c1)c1cccc(O)c1. The number of ether oxygens (including phenoxy) is 2. The van der Waals surface area contributed by atoms with E-state index in [9.17, 15) is 19.8 Å². The Morgan fingerprint density at radius 3 is 1.35 bits per heavy atom. The summed E-state index contributed by atoms with van der Waals surface area (Å²) in [5.74, 6) is -0.366. The van der Waals surface area contributed by atoms with E-state index in [1.807, 2.05) is 24.3 Å². The molecular weight excluding hydrogens is 432 g/mol. The molecular formula is C28H18O6. The monoisotopic (exact) mass is 450 g/mol. The first-order valence-corrected chi connectivity index (χ1v) is 10.4. The third-order valence-corrected chi connectivity index (χ3v) is 5.32. The van der Waals surface area contributed by atoms with Gasteiger partial charge in [0.05, 0.1) is 11.1 Å². The lowest BCUT2D eigenvalue weighted by atomic mass is 10.0. The van der Waals surface area contributed by atoms with Crippen LogP contribution in [0.25, 0.3) is 21.5 Å². The molecule has 0 bridgehead atoms. The molecule has 0 atom stereocenters. The summed E-state index contributed by atoms with van der Waals surface area (Å²) in [5, 5.41) is 22.7. The zero-order valence-corrected chi connectivity index (χ0v) is 17.8. The van der Waals surface area contributed by atoms with E-state index in [0.717, 1.165) is 21.5 Å². The van der Waals surface area contributed by atoms with Crippen LogP contribution < -0.4 is 9.47 Å². The fraction of sp³-hybridized carbons (Fsp3) is 0. The van der Waals surface area contributed by atoms with Crippen LogP contribution in [-0.2, 0) is 0 Å². The molecule has 0 heterocycles. The topological polar surface area (TPSA) is 93.1 Å². The second kappa shape index (κ2) is 8.60. The maximum atomic E-state index is 12.4. The van der Waals surface area contributed by atoms with Gasteiger partial charge < -0.3 is 19.7 Å². The Balaban J connectivity index is 1.39. The summed E-state index contributed by atoms with van der Waals surface area (Å²) < 4.78 is 10.9. The minimum Gasteiger partial charge on any atom is -0.508 e. The molecule has 34 heavy (non-hydrogen) atoms. The standard InChI is InChI=1S/C28H18O6/c29-23-5-1-3-19(13-23)27(31)33-25-9-7-17-12-22-16-26(10-8-18(22)11-21(17)15-25)34-28(32)20-4-2-6-24(30)14-20/h1-16,29-30H. The van der Waals surface area contributed by atoms with Crippen LogP contribution in [0.5, 0.6) is 23.0 Å². The number of carbonyl (C=O) groups is 2. The number of rotatable bonds is 4. The predicted molar refractivity (Wildman–Crippen MR) is 128 cm³/mol. The summed E-state index contributed by atoms with van der Waals surface area (Å²) in [6.07, 6.45) is 0. The second-order valence-corrected chi connectivity index (χ2v) is 7.75. The van der Waals surface area contributed by atoms with Crippen LogP contribution in [-0.4, -0.2) is 22.2 Å². The van der Waals surface area contributed by atoms with E-state index in [4.69, 9.17) is 9.47 Å². The number of hydrogen-bond acceptors (Lipinski definition) is 6. The Bertz CT molecular complexity index is 1450. The fourth-order valence-electron chi connectivity index (χ4n) is 3.68. The third kappa shape index (κ3) is 4.38. The molecule has 0 amide bonds. The minimum absolute atomic E-state index is 0.00797. The molecule has 166 valence electrons. The van der Waals surface area contributed by atoms with Gasteiger partial charge in [-0.25, -0.2) is 9.59 Å². The molecule has 6 nitrogen and oxygen atoms in total. The van der Waals surface area contributed by atoms with Crippen LogP contribution in [0.2, 0.25) is 0 Å². The first-order chi connectivity index (χ1) is 16.4. The number of phenolic OH excluding ortho intramolecular Hbond substituents is 2. The van der Waals surface area contributed by atoms with Gasteiger partial charge in [0.2, 0.25) is 0 Å². The Morgan fingerprint density at radius 2 is 0.941 bits per heavy atom. The van der Waals surface area contributed by atoms with Crippen molar-refractivity contribution in [1.82, 2.24) is 0 Å². The van der Waals surface area contributed by atoms with Gasteiger partial charge in [-0.1, -0.05) is 24.3 Å². The van der Waals surface area contributed by atoms with E-state index in [0.29, 0.717) is 11.5 Å². The second-order valence-electron chi connectivity index (χ2n) is 7.75. The molecule has 6 heteroatoms. The zero-order valence-electron chi connectivity index (χ0n) is 17.8. The summed E-state index contributed by atoms with van der Waals surface area (Å²) in [5.41, 5.74) is 0.512. The molecule has 5 aromatic rings. The molecule has 0 aliphatic heterocycles. The molecule has 0 aromatic heterocycles. The van der Waals surface area contributed by atoms with E-state index in [-0.39, 0.29) is 22.6 Å². The van der Waals surface area contributed by atoms with E-state index in [1.165, 1.54) is 24.3 Å². The normalized spacial score (nSPS) is 10.8. The minimum atomic E-state index is -0.561. The largest absolute Gasteiger partial charge is 0.508 e. The Labute approximate surface area is 194 Å². The number of benzene rings is 5. The molecule has 0 radical (unpaired) electrons. The van der Waals surface area contributed by atoms with E-state index < -0.39 is 11.9 Å². The lowest BCUT2D eigenvalue weighted by Gasteiger charge is -2.09. The highest BCUT2D eigenvalue weighted by Crippen LogP contribution is 2.29. The molecule has 0 saturated carbocycles. The van der Waals surface area contributed by atoms with Crippen molar-refractivity contribution >= 4 is 33.5 Å². The van der Waals surface area contributed by atoms with E-state index in [1.54, 1.807) is 48.5 Å².